The van der Waals surface area contributed by atoms with E-state index >= 15 is 0 Å². The van der Waals surface area contributed by atoms with Crippen LogP contribution in [0, 0.1) is 0 Å². The molecule has 0 saturated carbocycles. The predicted molar refractivity (Wildman–Crippen MR) is 93.7 cm³/mol. The summed E-state index contributed by atoms with van der Waals surface area (Å²) in [5, 5.41) is 10.2. The average Bonchev–Trinajstić information content (AvgIpc) is 3.17. The third kappa shape index (κ3) is 4.11. The van der Waals surface area contributed by atoms with Gasteiger partial charge in [0.05, 0.1) is 30.2 Å². The number of amides is 1. The average molecular weight is 388 g/mol. The van der Waals surface area contributed by atoms with Gasteiger partial charge in [-0.15, -0.1) is 5.10 Å². The van der Waals surface area contributed by atoms with E-state index in [2.05, 4.69) is 25.1 Å². The Morgan fingerprint density at radius 3 is 2.57 bits per heavy atom. The maximum absolute atomic E-state index is 12.6. The van der Waals surface area contributed by atoms with Gasteiger partial charge >= 0.3 is 12.6 Å². The minimum atomic E-state index is -3.06. The van der Waals surface area contributed by atoms with E-state index in [4.69, 9.17) is 0 Å². The molecule has 1 N–H and O–H groups in total. The Balaban J connectivity index is 1.89. The van der Waals surface area contributed by atoms with E-state index in [-0.39, 0.29) is 17.0 Å². The maximum atomic E-state index is 12.6. The monoisotopic (exact) mass is 388 g/mol. The second-order valence-electron chi connectivity index (χ2n) is 5.39. The number of methoxy groups -OCH3 is 1. The molecule has 1 heterocycles. The number of aromatic nitrogens is 3. The summed E-state index contributed by atoms with van der Waals surface area (Å²) in [6.07, 6.45) is 1.34. The first-order valence-electron chi connectivity index (χ1n) is 7.95. The second-order valence-corrected chi connectivity index (χ2v) is 5.39. The summed E-state index contributed by atoms with van der Waals surface area (Å²) in [5.41, 5.74) is 0.650. The Morgan fingerprint density at radius 1 is 1.11 bits per heavy atom. The van der Waals surface area contributed by atoms with Crippen LogP contribution in [0.4, 0.5) is 14.5 Å². The molecule has 28 heavy (non-hydrogen) atoms. The van der Waals surface area contributed by atoms with E-state index in [1.165, 1.54) is 42.3 Å². The first-order valence-corrected chi connectivity index (χ1v) is 7.95. The van der Waals surface area contributed by atoms with E-state index in [1.54, 1.807) is 24.3 Å². The molecule has 0 bridgehead atoms. The molecule has 0 unspecified atom stereocenters. The molecule has 0 aliphatic heterocycles. The molecule has 0 aliphatic rings. The molecule has 8 nitrogen and oxygen atoms in total. The van der Waals surface area contributed by atoms with Crippen LogP contribution in [0.2, 0.25) is 0 Å². The number of carbonyl (C=O) groups excluding carboxylic acids is 2. The van der Waals surface area contributed by atoms with Gasteiger partial charge in [0.15, 0.2) is 5.69 Å². The van der Waals surface area contributed by atoms with Crippen LogP contribution in [0.25, 0.3) is 5.69 Å². The van der Waals surface area contributed by atoms with Crippen LogP contribution >= 0.6 is 0 Å². The van der Waals surface area contributed by atoms with Crippen LogP contribution in [-0.4, -0.2) is 40.6 Å². The molecule has 0 aliphatic carbocycles. The lowest BCUT2D eigenvalue weighted by Crippen LogP contribution is -2.16. The Kier molecular flexibility index (Phi) is 5.58. The van der Waals surface area contributed by atoms with Crippen LogP contribution in [-0.2, 0) is 4.74 Å². The molecule has 0 fully saturated rings. The SMILES string of the molecule is COC(=O)c1cn(-c2ccccc2NC(=O)c2ccccc2OC(F)F)nn1. The van der Waals surface area contributed by atoms with Gasteiger partial charge in [0.1, 0.15) is 5.75 Å². The molecule has 144 valence electrons. The Hall–Kier alpha value is -3.82. The number of rotatable bonds is 6. The molecule has 0 spiro atoms. The molecule has 1 amide bonds. The molecule has 3 rings (SSSR count). The van der Waals surface area contributed by atoms with Gasteiger partial charge in [-0.05, 0) is 24.3 Å². The van der Waals surface area contributed by atoms with Crippen molar-refractivity contribution in [3.8, 4) is 11.4 Å². The van der Waals surface area contributed by atoms with Gasteiger partial charge in [0.25, 0.3) is 5.91 Å². The number of esters is 1. The smallest absolute Gasteiger partial charge is 0.387 e. The number of nitrogens with zero attached hydrogens (tertiary/aromatic N) is 3. The highest BCUT2D eigenvalue weighted by Crippen LogP contribution is 2.24. The number of para-hydroxylation sites is 3. The van der Waals surface area contributed by atoms with Crippen molar-refractivity contribution in [2.24, 2.45) is 0 Å². The second kappa shape index (κ2) is 8.25. The summed E-state index contributed by atoms with van der Waals surface area (Å²) < 4.78 is 35.4. The highest BCUT2D eigenvalue weighted by molar-refractivity contribution is 6.07. The molecule has 2 aromatic carbocycles. The summed E-state index contributed by atoms with van der Waals surface area (Å²) in [6.45, 7) is -3.06. The fourth-order valence-electron chi connectivity index (χ4n) is 2.40. The molecule has 1 aromatic heterocycles. The molecule has 0 saturated heterocycles. The highest BCUT2D eigenvalue weighted by atomic mass is 19.3. The van der Waals surface area contributed by atoms with Crippen LogP contribution in [0.3, 0.4) is 0 Å². The highest BCUT2D eigenvalue weighted by Gasteiger charge is 2.18. The van der Waals surface area contributed by atoms with Crippen molar-refractivity contribution in [2.75, 3.05) is 12.4 Å². The minimum absolute atomic E-state index is 0.0145. The molecule has 3 aromatic rings. The lowest BCUT2D eigenvalue weighted by atomic mass is 10.1. The topological polar surface area (TPSA) is 95.3 Å². The first kappa shape index (κ1) is 19.0. The predicted octanol–water partition coefficient (Wildman–Crippen LogP) is 2.91. The van der Waals surface area contributed by atoms with Crippen molar-refractivity contribution in [1.82, 2.24) is 15.0 Å². The van der Waals surface area contributed by atoms with E-state index in [0.29, 0.717) is 11.4 Å². The number of nitrogens with one attached hydrogen (secondary N) is 1. The van der Waals surface area contributed by atoms with Crippen molar-refractivity contribution >= 4 is 17.6 Å². The van der Waals surface area contributed by atoms with Gasteiger partial charge in [-0.25, -0.2) is 9.48 Å². The van der Waals surface area contributed by atoms with Gasteiger partial charge in [-0.1, -0.05) is 29.5 Å². The lowest BCUT2D eigenvalue weighted by Gasteiger charge is -2.13. The van der Waals surface area contributed by atoms with Gasteiger partial charge in [0, 0.05) is 0 Å². The number of hydrogen-bond donors (Lipinski definition) is 1. The minimum Gasteiger partial charge on any atom is -0.464 e. The van der Waals surface area contributed by atoms with Crippen LogP contribution in [0.1, 0.15) is 20.8 Å². The number of carbonyl (C=O) groups is 2. The van der Waals surface area contributed by atoms with Crippen molar-refractivity contribution < 1.29 is 27.8 Å². The zero-order valence-electron chi connectivity index (χ0n) is 14.5. The van der Waals surface area contributed by atoms with Crippen molar-refractivity contribution in [3.05, 3.63) is 66.0 Å². The molecular formula is C18H14F2N4O4. The Bertz CT molecular complexity index is 1010. The summed E-state index contributed by atoms with van der Waals surface area (Å²) in [5.74, 6) is -1.57. The van der Waals surface area contributed by atoms with E-state index in [9.17, 15) is 18.4 Å². The molecular weight excluding hydrogens is 374 g/mol. The summed E-state index contributed by atoms with van der Waals surface area (Å²) in [7, 11) is 1.22. The maximum Gasteiger partial charge on any atom is 0.387 e. The fourth-order valence-corrected chi connectivity index (χ4v) is 2.40. The zero-order chi connectivity index (χ0) is 20.1. The number of hydrogen-bond acceptors (Lipinski definition) is 6. The van der Waals surface area contributed by atoms with Crippen molar-refractivity contribution in [2.45, 2.75) is 6.61 Å². The number of anilines is 1. The normalized spacial score (nSPS) is 10.6. The largest absolute Gasteiger partial charge is 0.464 e. The number of halogens is 2. The van der Waals surface area contributed by atoms with Crippen LogP contribution in [0.15, 0.2) is 54.7 Å². The van der Waals surface area contributed by atoms with E-state index in [1.807, 2.05) is 0 Å². The summed E-state index contributed by atoms with van der Waals surface area (Å²) in [6, 6.07) is 12.2. The standard InChI is InChI=1S/C18H14F2N4O4/c1-27-17(26)13-10-24(23-22-13)14-8-4-3-7-12(14)21-16(25)11-6-2-5-9-15(11)28-18(19)20/h2-10,18H,1H3,(H,21,25). The molecule has 0 radical (unpaired) electrons. The molecule has 10 heteroatoms. The summed E-state index contributed by atoms with van der Waals surface area (Å²) in [4.78, 5) is 24.2. The Labute approximate surface area is 157 Å². The van der Waals surface area contributed by atoms with Crippen molar-refractivity contribution in [3.63, 3.8) is 0 Å². The Morgan fingerprint density at radius 2 is 1.82 bits per heavy atom. The molecule has 0 atom stereocenters. The van der Waals surface area contributed by atoms with Gasteiger partial charge in [0.2, 0.25) is 0 Å². The van der Waals surface area contributed by atoms with Gasteiger partial charge in [-0.3, -0.25) is 4.79 Å². The summed E-state index contributed by atoms with van der Waals surface area (Å²) >= 11 is 0. The van der Waals surface area contributed by atoms with Crippen LogP contribution < -0.4 is 10.1 Å². The zero-order valence-corrected chi connectivity index (χ0v) is 14.5. The van der Waals surface area contributed by atoms with E-state index in [0.717, 1.165) is 0 Å². The van der Waals surface area contributed by atoms with Crippen molar-refractivity contribution in [1.29, 1.82) is 0 Å². The van der Waals surface area contributed by atoms with E-state index < -0.39 is 18.5 Å². The number of alkyl halides is 2. The lowest BCUT2D eigenvalue weighted by molar-refractivity contribution is -0.0501. The third-order valence-electron chi connectivity index (χ3n) is 3.63. The van der Waals surface area contributed by atoms with Gasteiger partial charge < -0.3 is 14.8 Å². The van der Waals surface area contributed by atoms with Gasteiger partial charge in [-0.2, -0.15) is 8.78 Å². The number of benzene rings is 2. The third-order valence-corrected chi connectivity index (χ3v) is 3.63. The quantitative estimate of drug-likeness (QED) is 0.653. The van der Waals surface area contributed by atoms with Crippen LogP contribution in [0.5, 0.6) is 5.75 Å². The first-order chi connectivity index (χ1) is 13.5. The number of ether oxygens (including phenoxy) is 2. The fraction of sp³-hybridized carbons (Fsp3) is 0.111.